The van der Waals surface area contributed by atoms with Crippen molar-refractivity contribution in [3.05, 3.63) is 53.8 Å². The van der Waals surface area contributed by atoms with Gasteiger partial charge in [0.25, 0.3) is 0 Å². The molecule has 24 heavy (non-hydrogen) atoms. The van der Waals surface area contributed by atoms with Gasteiger partial charge in [-0.25, -0.2) is 9.18 Å². The third-order valence-electron chi connectivity index (χ3n) is 2.77. The van der Waals surface area contributed by atoms with Gasteiger partial charge in [-0.05, 0) is 53.7 Å². The molecule has 128 valence electrons. The van der Waals surface area contributed by atoms with Crippen LogP contribution in [0.3, 0.4) is 0 Å². The molecule has 0 saturated heterocycles. The third-order valence-corrected chi connectivity index (χ3v) is 4.57. The maximum Gasteiger partial charge on any atom is 0.446 e. The highest BCUT2D eigenvalue weighted by Crippen LogP contribution is 2.37. The lowest BCUT2D eigenvalue weighted by molar-refractivity contribution is -0.0328. The second-order valence-corrected chi connectivity index (χ2v) is 6.79. The van der Waals surface area contributed by atoms with Crippen LogP contribution in [0.5, 0.6) is 0 Å². The molecule has 2 aromatic carbocycles. The van der Waals surface area contributed by atoms with E-state index in [2.05, 4.69) is 5.32 Å². The molecule has 0 heterocycles. The lowest BCUT2D eigenvalue weighted by Gasteiger charge is -2.08. The molecule has 0 fully saturated rings. The van der Waals surface area contributed by atoms with E-state index in [-0.39, 0.29) is 22.3 Å². The van der Waals surface area contributed by atoms with Crippen molar-refractivity contribution in [2.75, 3.05) is 5.32 Å². The number of hydrogen-bond donors (Lipinski definition) is 2. The minimum Gasteiger partial charge on any atom is -0.351 e. The average Bonchev–Trinajstić information content (AvgIpc) is 2.46. The zero-order valence-electron chi connectivity index (χ0n) is 12.1. The van der Waals surface area contributed by atoms with Crippen molar-refractivity contribution >= 4 is 35.2 Å². The second kappa shape index (κ2) is 7.80. The summed E-state index contributed by atoms with van der Waals surface area (Å²) in [5.74, 6) is -0.202. The molecule has 2 rings (SSSR count). The Morgan fingerprint density at radius 2 is 1.71 bits per heavy atom. The van der Waals surface area contributed by atoms with Gasteiger partial charge >= 0.3 is 11.5 Å². The van der Waals surface area contributed by atoms with E-state index in [1.807, 2.05) is 0 Å². The van der Waals surface area contributed by atoms with Gasteiger partial charge in [0.15, 0.2) is 0 Å². The van der Waals surface area contributed by atoms with Gasteiger partial charge in [0, 0.05) is 21.2 Å². The van der Waals surface area contributed by atoms with Gasteiger partial charge in [0.1, 0.15) is 5.82 Å². The van der Waals surface area contributed by atoms with Crippen LogP contribution in [0.2, 0.25) is 0 Å². The largest absolute Gasteiger partial charge is 0.446 e. The van der Waals surface area contributed by atoms with Crippen LogP contribution in [-0.4, -0.2) is 11.5 Å². The molecular formula is C15H12F4N2OS2. The van der Waals surface area contributed by atoms with E-state index in [1.165, 1.54) is 36.0 Å². The molecular weight excluding hydrogens is 364 g/mol. The highest BCUT2D eigenvalue weighted by molar-refractivity contribution is 8.00. The summed E-state index contributed by atoms with van der Waals surface area (Å²) in [7, 11) is 0. The molecule has 2 amide bonds. The first kappa shape index (κ1) is 18.5. The minimum absolute atomic E-state index is 0.0971. The van der Waals surface area contributed by atoms with Crippen molar-refractivity contribution in [3.63, 3.8) is 0 Å². The summed E-state index contributed by atoms with van der Waals surface area (Å²) >= 11 is 1.11. The number of anilines is 1. The number of halogens is 4. The van der Waals surface area contributed by atoms with Gasteiger partial charge in [-0.2, -0.15) is 13.2 Å². The molecule has 0 spiro atoms. The Hall–Kier alpha value is -1.87. The van der Waals surface area contributed by atoms with E-state index in [1.54, 1.807) is 12.1 Å². The number of thioether (sulfide) groups is 2. The van der Waals surface area contributed by atoms with Crippen LogP contribution in [-0.2, 0) is 5.75 Å². The lowest BCUT2D eigenvalue weighted by Crippen LogP contribution is -2.19. The fourth-order valence-corrected chi connectivity index (χ4v) is 3.21. The number of nitrogens with one attached hydrogen (secondary N) is 1. The molecule has 0 saturated carbocycles. The molecule has 0 aliphatic carbocycles. The van der Waals surface area contributed by atoms with Gasteiger partial charge in [0.05, 0.1) is 0 Å². The smallest absolute Gasteiger partial charge is 0.351 e. The van der Waals surface area contributed by atoms with E-state index in [9.17, 15) is 22.4 Å². The first-order chi connectivity index (χ1) is 11.2. The zero-order chi connectivity index (χ0) is 17.7. The highest BCUT2D eigenvalue weighted by Gasteiger charge is 2.28. The van der Waals surface area contributed by atoms with Crippen LogP contribution in [0.15, 0.2) is 52.3 Å². The van der Waals surface area contributed by atoms with Crippen molar-refractivity contribution < 1.29 is 22.4 Å². The molecule has 0 aliphatic heterocycles. The summed E-state index contributed by atoms with van der Waals surface area (Å²) in [6.07, 6.45) is 0. The predicted molar refractivity (Wildman–Crippen MR) is 87.5 cm³/mol. The molecule has 2 aromatic rings. The van der Waals surface area contributed by atoms with Crippen LogP contribution >= 0.6 is 23.5 Å². The molecule has 3 N–H and O–H groups in total. The van der Waals surface area contributed by atoms with Gasteiger partial charge in [-0.3, -0.25) is 0 Å². The first-order valence-corrected chi connectivity index (χ1v) is 8.36. The summed E-state index contributed by atoms with van der Waals surface area (Å²) in [4.78, 5) is 11.5. The number of amides is 2. The standard InChI is InChI=1S/C15H12F4N2OS2/c16-13-7-10(21-14(20)22)2-1-9(13)8-23-11-3-5-12(6-4-11)24-15(17,18)19/h1-7H,8H2,(H3,20,21,22). The van der Waals surface area contributed by atoms with E-state index in [0.717, 1.165) is 11.0 Å². The molecule has 0 radical (unpaired) electrons. The number of carbonyl (C=O) groups excluding carboxylic acids is 1. The normalized spacial score (nSPS) is 11.3. The quantitative estimate of drug-likeness (QED) is 0.556. The SMILES string of the molecule is NC(=O)Nc1ccc(CSc2ccc(SC(F)(F)F)cc2)c(F)c1. The van der Waals surface area contributed by atoms with E-state index in [4.69, 9.17) is 5.73 Å². The summed E-state index contributed by atoms with van der Waals surface area (Å²) < 4.78 is 50.7. The second-order valence-electron chi connectivity index (χ2n) is 4.60. The summed E-state index contributed by atoms with van der Waals surface area (Å²) in [5, 5.41) is 2.27. The Kier molecular flexibility index (Phi) is 6.00. The Labute approximate surface area is 144 Å². The van der Waals surface area contributed by atoms with Crippen LogP contribution < -0.4 is 11.1 Å². The fourth-order valence-electron chi connectivity index (χ4n) is 1.78. The number of nitrogens with two attached hydrogens (primary N) is 1. The lowest BCUT2D eigenvalue weighted by atomic mass is 10.2. The highest BCUT2D eigenvalue weighted by atomic mass is 32.2. The Morgan fingerprint density at radius 1 is 1.08 bits per heavy atom. The predicted octanol–water partition coefficient (Wildman–Crippen LogP) is 5.22. The van der Waals surface area contributed by atoms with Crippen molar-refractivity contribution in [2.24, 2.45) is 5.73 Å². The molecule has 0 atom stereocenters. The van der Waals surface area contributed by atoms with Crippen molar-refractivity contribution in [2.45, 2.75) is 21.1 Å². The summed E-state index contributed by atoms with van der Waals surface area (Å²) in [5.41, 5.74) is 1.29. The van der Waals surface area contributed by atoms with Gasteiger partial charge in [-0.15, -0.1) is 11.8 Å². The Morgan fingerprint density at radius 3 is 2.25 bits per heavy atom. The Bertz CT molecular complexity index is 720. The maximum atomic E-state index is 13.9. The summed E-state index contributed by atoms with van der Waals surface area (Å²) in [6, 6.07) is 9.26. The monoisotopic (exact) mass is 376 g/mol. The number of benzene rings is 2. The molecule has 0 aliphatic rings. The summed E-state index contributed by atoms with van der Waals surface area (Å²) in [6.45, 7) is 0. The van der Waals surface area contributed by atoms with Crippen molar-refractivity contribution in [3.8, 4) is 0 Å². The number of hydrogen-bond acceptors (Lipinski definition) is 3. The van der Waals surface area contributed by atoms with E-state index >= 15 is 0 Å². The van der Waals surface area contributed by atoms with Crippen molar-refractivity contribution in [1.82, 2.24) is 0 Å². The van der Waals surface area contributed by atoms with Gasteiger partial charge in [0.2, 0.25) is 0 Å². The number of alkyl halides is 3. The molecule has 0 bridgehead atoms. The van der Waals surface area contributed by atoms with Gasteiger partial charge in [-0.1, -0.05) is 6.07 Å². The topological polar surface area (TPSA) is 55.1 Å². The van der Waals surface area contributed by atoms with Crippen LogP contribution in [0.4, 0.5) is 28.0 Å². The Balaban J connectivity index is 1.97. The molecule has 9 heteroatoms. The van der Waals surface area contributed by atoms with E-state index < -0.39 is 17.4 Å². The number of primary amides is 1. The average molecular weight is 376 g/mol. The third kappa shape index (κ3) is 5.97. The number of carbonyl (C=O) groups is 1. The fraction of sp³-hybridized carbons (Fsp3) is 0.133. The van der Waals surface area contributed by atoms with Crippen LogP contribution in [0, 0.1) is 5.82 Å². The van der Waals surface area contributed by atoms with Crippen LogP contribution in [0.1, 0.15) is 5.56 Å². The first-order valence-electron chi connectivity index (χ1n) is 6.56. The van der Waals surface area contributed by atoms with Crippen molar-refractivity contribution in [1.29, 1.82) is 0 Å². The van der Waals surface area contributed by atoms with Gasteiger partial charge < -0.3 is 11.1 Å². The minimum atomic E-state index is -4.32. The molecule has 3 nitrogen and oxygen atoms in total. The number of rotatable bonds is 5. The van der Waals surface area contributed by atoms with E-state index in [0.29, 0.717) is 11.3 Å². The zero-order valence-corrected chi connectivity index (χ0v) is 13.7. The molecule has 0 unspecified atom stereocenters. The van der Waals surface area contributed by atoms with Crippen LogP contribution in [0.25, 0.3) is 0 Å². The number of urea groups is 1. The molecule has 0 aromatic heterocycles. The maximum absolute atomic E-state index is 13.9.